The van der Waals surface area contributed by atoms with Crippen LogP contribution in [0.5, 0.6) is 0 Å². The van der Waals surface area contributed by atoms with Crippen molar-refractivity contribution in [3.05, 3.63) is 72.9 Å². The summed E-state index contributed by atoms with van der Waals surface area (Å²) in [6, 6.07) is 0. The highest BCUT2D eigenvalue weighted by molar-refractivity contribution is 7.45. The van der Waals surface area contributed by atoms with E-state index in [0.717, 1.165) is 57.8 Å². The maximum absolute atomic E-state index is 12.5. The average molecular weight is 722 g/mol. The average Bonchev–Trinajstić information content (AvgIpc) is 3.06. The number of phosphoric acid groups is 1. The van der Waals surface area contributed by atoms with Crippen LogP contribution < -0.4 is 4.89 Å². The van der Waals surface area contributed by atoms with Crippen molar-refractivity contribution in [3.63, 3.8) is 0 Å². The van der Waals surface area contributed by atoms with Gasteiger partial charge in [0.1, 0.15) is 19.8 Å². The van der Waals surface area contributed by atoms with Crippen molar-refractivity contribution in [2.45, 2.75) is 123 Å². The van der Waals surface area contributed by atoms with Crippen LogP contribution in [0.15, 0.2) is 72.9 Å². The van der Waals surface area contributed by atoms with Crippen LogP contribution in [-0.2, 0) is 32.7 Å². The Balaban J connectivity index is 4.55. The molecule has 0 amide bonds. The van der Waals surface area contributed by atoms with Crippen molar-refractivity contribution in [2.75, 3.05) is 47.5 Å². The quantitative estimate of drug-likeness (QED) is 0.0222. The Morgan fingerprint density at radius 3 is 1.66 bits per heavy atom. The molecule has 9 nitrogen and oxygen atoms in total. The van der Waals surface area contributed by atoms with E-state index >= 15 is 0 Å². The summed E-state index contributed by atoms with van der Waals surface area (Å²) in [4.78, 5) is 37.1. The molecule has 0 aliphatic rings. The first-order valence-corrected chi connectivity index (χ1v) is 20.1. The van der Waals surface area contributed by atoms with Crippen LogP contribution in [0.3, 0.4) is 0 Å². The number of phosphoric ester groups is 1. The topological polar surface area (TPSA) is 111 Å². The second kappa shape index (κ2) is 32.4. The minimum absolute atomic E-state index is 0.0475. The molecule has 0 aromatic rings. The first kappa shape index (κ1) is 47.4. The molecular formula is C40H68NO8P. The van der Waals surface area contributed by atoms with Gasteiger partial charge in [0.25, 0.3) is 7.82 Å². The Bertz CT molecular complexity index is 1090. The Hall–Kier alpha value is -2.55. The molecule has 10 heteroatoms. The number of allylic oxidation sites excluding steroid dienone is 12. The molecule has 2 unspecified atom stereocenters. The van der Waals surface area contributed by atoms with Gasteiger partial charge in [-0.05, 0) is 51.4 Å². The summed E-state index contributed by atoms with van der Waals surface area (Å²) in [6.45, 7) is 3.93. The minimum Gasteiger partial charge on any atom is -0.756 e. The molecule has 0 radical (unpaired) electrons. The predicted octanol–water partition coefficient (Wildman–Crippen LogP) is 9.27. The minimum atomic E-state index is -4.63. The molecule has 0 rings (SSSR count). The summed E-state index contributed by atoms with van der Waals surface area (Å²) < 4.78 is 33.5. The summed E-state index contributed by atoms with van der Waals surface area (Å²) >= 11 is 0. The fourth-order valence-electron chi connectivity index (χ4n) is 4.32. The predicted molar refractivity (Wildman–Crippen MR) is 203 cm³/mol. The van der Waals surface area contributed by atoms with Crippen LogP contribution in [0, 0.1) is 0 Å². The number of nitrogens with zero attached hydrogens (tertiary/aromatic N) is 1. The van der Waals surface area contributed by atoms with Gasteiger partial charge in [0.2, 0.25) is 0 Å². The second-order valence-corrected chi connectivity index (χ2v) is 14.6. The van der Waals surface area contributed by atoms with E-state index in [-0.39, 0.29) is 26.1 Å². The van der Waals surface area contributed by atoms with Gasteiger partial charge in [-0.15, -0.1) is 0 Å². The van der Waals surface area contributed by atoms with E-state index in [1.807, 2.05) is 33.3 Å². The number of likely N-dealkylation sites (N-methyl/N-ethyl adjacent to an activating group) is 1. The van der Waals surface area contributed by atoms with Crippen LogP contribution >= 0.6 is 7.82 Å². The Kier molecular flexibility index (Phi) is 30.7. The third-order valence-corrected chi connectivity index (χ3v) is 8.22. The van der Waals surface area contributed by atoms with Crippen molar-refractivity contribution in [1.82, 2.24) is 0 Å². The van der Waals surface area contributed by atoms with Gasteiger partial charge >= 0.3 is 11.9 Å². The molecule has 2 atom stereocenters. The standard InChI is InChI=1S/C40H68NO8P/c1-6-8-10-12-14-15-16-17-18-19-20-21-22-23-24-25-27-29-31-33-40(43)49-38(37-48-50(44,45)47-35-34-41(3,4)5)36-46-39(42)32-30-28-26-13-11-9-7-2/h8,10,14-15,17-18,20-21,23-24,27,29,38H,6-7,9,11-13,16,19,22,25-26,28,30-37H2,1-5H3/b10-8-,15-14-,18-17-,21-20-,24-23-,29-27-. The maximum Gasteiger partial charge on any atom is 0.306 e. The zero-order chi connectivity index (χ0) is 37.2. The van der Waals surface area contributed by atoms with Gasteiger partial charge in [0, 0.05) is 12.8 Å². The number of carbonyl (C=O) groups excluding carboxylic acids is 2. The summed E-state index contributed by atoms with van der Waals surface area (Å²) in [7, 11) is 1.10. The number of unbranched alkanes of at least 4 members (excludes halogenated alkanes) is 6. The molecule has 0 aromatic heterocycles. The van der Waals surface area contributed by atoms with E-state index in [4.69, 9.17) is 18.5 Å². The first-order valence-electron chi connectivity index (χ1n) is 18.6. The number of esters is 2. The van der Waals surface area contributed by atoms with Crippen molar-refractivity contribution in [2.24, 2.45) is 0 Å². The van der Waals surface area contributed by atoms with Crippen molar-refractivity contribution >= 4 is 19.8 Å². The zero-order valence-corrected chi connectivity index (χ0v) is 32.7. The lowest BCUT2D eigenvalue weighted by atomic mass is 10.1. The summed E-state index contributed by atoms with van der Waals surface area (Å²) in [5.74, 6) is -0.949. The molecule has 286 valence electrons. The molecule has 50 heavy (non-hydrogen) atoms. The number of hydrogen-bond donors (Lipinski definition) is 0. The molecule has 0 aliphatic heterocycles. The van der Waals surface area contributed by atoms with E-state index < -0.39 is 32.5 Å². The van der Waals surface area contributed by atoms with E-state index in [1.165, 1.54) is 19.3 Å². The van der Waals surface area contributed by atoms with E-state index in [2.05, 4.69) is 74.6 Å². The van der Waals surface area contributed by atoms with E-state index in [1.54, 1.807) is 0 Å². The molecule has 0 heterocycles. The highest BCUT2D eigenvalue weighted by atomic mass is 31.2. The lowest BCUT2D eigenvalue weighted by Gasteiger charge is -2.28. The van der Waals surface area contributed by atoms with Crippen molar-refractivity contribution in [1.29, 1.82) is 0 Å². The highest BCUT2D eigenvalue weighted by Crippen LogP contribution is 2.38. The van der Waals surface area contributed by atoms with Gasteiger partial charge in [-0.2, -0.15) is 0 Å². The first-order chi connectivity index (χ1) is 24.0. The van der Waals surface area contributed by atoms with Crippen LogP contribution in [-0.4, -0.2) is 70.0 Å². The molecule has 0 aliphatic carbocycles. The molecule has 0 saturated carbocycles. The normalized spacial score (nSPS) is 14.6. The molecular weight excluding hydrogens is 653 g/mol. The van der Waals surface area contributed by atoms with Crippen molar-refractivity contribution < 1.29 is 42.1 Å². The highest BCUT2D eigenvalue weighted by Gasteiger charge is 2.21. The number of rotatable bonds is 32. The lowest BCUT2D eigenvalue weighted by Crippen LogP contribution is -2.37. The third-order valence-electron chi connectivity index (χ3n) is 7.25. The van der Waals surface area contributed by atoms with Crippen LogP contribution in [0.25, 0.3) is 0 Å². The molecule has 0 bridgehead atoms. The smallest absolute Gasteiger partial charge is 0.306 e. The monoisotopic (exact) mass is 721 g/mol. The van der Waals surface area contributed by atoms with Gasteiger partial charge in [-0.25, -0.2) is 0 Å². The van der Waals surface area contributed by atoms with Gasteiger partial charge in [0.15, 0.2) is 6.10 Å². The SMILES string of the molecule is CC/C=C\C/C=C\C/C=C\C/C=C\C/C=C\C/C=C\CCC(=O)OC(COC(=O)CCCCCCCCC)COP(=O)([O-])OCC[N+](C)(C)C. The largest absolute Gasteiger partial charge is 0.756 e. The number of quaternary nitrogens is 1. The van der Waals surface area contributed by atoms with Crippen LogP contribution in [0.4, 0.5) is 0 Å². The van der Waals surface area contributed by atoms with E-state index in [0.29, 0.717) is 23.9 Å². The summed E-state index contributed by atoms with van der Waals surface area (Å²) in [6.07, 6.45) is 38.3. The second-order valence-electron chi connectivity index (χ2n) is 13.2. The molecule has 0 N–H and O–H groups in total. The van der Waals surface area contributed by atoms with Gasteiger partial charge in [-0.1, -0.05) is 125 Å². The number of ether oxygens (including phenoxy) is 2. The molecule has 0 spiro atoms. The fourth-order valence-corrected chi connectivity index (χ4v) is 5.05. The maximum atomic E-state index is 12.5. The number of hydrogen-bond acceptors (Lipinski definition) is 8. The number of carbonyl (C=O) groups is 2. The molecule has 0 aromatic carbocycles. The van der Waals surface area contributed by atoms with Crippen molar-refractivity contribution in [3.8, 4) is 0 Å². The Morgan fingerprint density at radius 2 is 1.14 bits per heavy atom. The summed E-state index contributed by atoms with van der Waals surface area (Å²) in [5.41, 5.74) is 0. The zero-order valence-electron chi connectivity index (χ0n) is 31.8. The molecule has 0 saturated heterocycles. The van der Waals surface area contributed by atoms with Gasteiger partial charge in [-0.3, -0.25) is 14.2 Å². The van der Waals surface area contributed by atoms with E-state index in [9.17, 15) is 19.0 Å². The van der Waals surface area contributed by atoms with Crippen LogP contribution in [0.1, 0.15) is 117 Å². The van der Waals surface area contributed by atoms with Gasteiger partial charge < -0.3 is 27.9 Å². The summed E-state index contributed by atoms with van der Waals surface area (Å²) in [5, 5.41) is 0. The lowest BCUT2D eigenvalue weighted by molar-refractivity contribution is -0.870. The Labute approximate surface area is 304 Å². The fraction of sp³-hybridized carbons (Fsp3) is 0.650. The van der Waals surface area contributed by atoms with Gasteiger partial charge in [0.05, 0.1) is 27.7 Å². The van der Waals surface area contributed by atoms with Crippen LogP contribution in [0.2, 0.25) is 0 Å². The Morgan fingerprint density at radius 1 is 0.640 bits per heavy atom. The third kappa shape index (κ3) is 35.3. The molecule has 0 fully saturated rings.